The first-order chi connectivity index (χ1) is 7.39. The minimum absolute atomic E-state index is 0.0482. The van der Waals surface area contributed by atoms with Crippen LogP contribution in [0.4, 0.5) is 13.2 Å². The fraction of sp³-hybridized carbons (Fsp3) is 0.300. The number of benzene rings is 1. The number of hydrogen-bond acceptors (Lipinski definition) is 2. The molecule has 2 nitrogen and oxygen atoms in total. The lowest BCUT2D eigenvalue weighted by Crippen LogP contribution is -2.17. The van der Waals surface area contributed by atoms with Crippen molar-refractivity contribution in [2.75, 3.05) is 6.61 Å². The van der Waals surface area contributed by atoms with Gasteiger partial charge in [0.05, 0.1) is 22.8 Å². The number of halogens is 4. The number of hydrogen-bond donors (Lipinski definition) is 0. The van der Waals surface area contributed by atoms with Crippen LogP contribution in [0.25, 0.3) is 0 Å². The molecule has 0 aromatic heterocycles. The number of carbonyl (C=O) groups excluding carboxylic acids is 1. The second kappa shape index (κ2) is 3.66. The summed E-state index contributed by atoms with van der Waals surface area (Å²) in [6.45, 7) is 0.102. The Morgan fingerprint density at radius 3 is 2.62 bits per heavy atom. The lowest BCUT2D eigenvalue weighted by Gasteiger charge is -2.18. The third kappa shape index (κ3) is 1.87. The minimum atomic E-state index is -4.55. The van der Waals surface area contributed by atoms with Gasteiger partial charge in [-0.25, -0.2) is 0 Å². The number of carbonyl (C=O) groups is 1. The van der Waals surface area contributed by atoms with Crippen molar-refractivity contribution < 1.29 is 22.7 Å². The lowest BCUT2D eigenvalue weighted by atomic mass is 10.0. The van der Waals surface area contributed by atoms with Gasteiger partial charge in [-0.05, 0) is 12.1 Å². The highest BCUT2D eigenvalue weighted by molar-refractivity contribution is 6.32. The predicted octanol–water partition coefficient (Wildman–Crippen LogP) is 3.32. The molecule has 0 amide bonds. The molecule has 1 aliphatic rings. The first kappa shape index (κ1) is 11.3. The molecule has 0 atom stereocenters. The maximum atomic E-state index is 12.5. The summed E-state index contributed by atoms with van der Waals surface area (Å²) in [6.07, 6.45) is -4.38. The number of Topliss-reactive ketones (excluding diaryl/α,β-unsaturated/α-hetero) is 1. The maximum absolute atomic E-state index is 12.5. The molecule has 0 unspecified atom stereocenters. The van der Waals surface area contributed by atoms with Gasteiger partial charge >= 0.3 is 6.18 Å². The largest absolute Gasteiger partial charge is 0.492 e. The molecule has 1 aromatic carbocycles. The Morgan fingerprint density at radius 1 is 1.31 bits per heavy atom. The van der Waals surface area contributed by atoms with E-state index in [2.05, 4.69) is 0 Å². The van der Waals surface area contributed by atoms with Crippen LogP contribution in [0.5, 0.6) is 5.75 Å². The zero-order valence-electron chi connectivity index (χ0n) is 7.90. The molecule has 1 heterocycles. The van der Waals surface area contributed by atoms with Crippen LogP contribution in [0.1, 0.15) is 22.3 Å². The number of alkyl halides is 3. The number of fused-ring (bicyclic) bond motifs is 1. The Morgan fingerprint density at radius 2 is 2.00 bits per heavy atom. The van der Waals surface area contributed by atoms with Gasteiger partial charge in [0.2, 0.25) is 0 Å². The van der Waals surface area contributed by atoms with E-state index in [0.29, 0.717) is 0 Å². The van der Waals surface area contributed by atoms with E-state index in [1.807, 2.05) is 0 Å². The van der Waals surface area contributed by atoms with Crippen molar-refractivity contribution in [2.24, 2.45) is 0 Å². The quantitative estimate of drug-likeness (QED) is 0.706. The molecule has 16 heavy (non-hydrogen) atoms. The summed E-state index contributed by atoms with van der Waals surface area (Å²) in [4.78, 5) is 11.4. The third-order valence-corrected chi connectivity index (χ3v) is 2.57. The van der Waals surface area contributed by atoms with E-state index in [1.54, 1.807) is 0 Å². The molecule has 0 saturated carbocycles. The van der Waals surface area contributed by atoms with E-state index in [1.165, 1.54) is 0 Å². The molecule has 86 valence electrons. The first-order valence-corrected chi connectivity index (χ1v) is 4.84. The Hall–Kier alpha value is -1.23. The average molecular weight is 251 g/mol. The summed E-state index contributed by atoms with van der Waals surface area (Å²) in [5, 5.41) is -0.481. The Kier molecular flexibility index (Phi) is 2.58. The van der Waals surface area contributed by atoms with Crippen LogP contribution in [0.2, 0.25) is 5.02 Å². The molecule has 0 saturated heterocycles. The monoisotopic (exact) mass is 250 g/mol. The minimum Gasteiger partial charge on any atom is -0.492 e. The number of ether oxygens (including phenoxy) is 1. The van der Waals surface area contributed by atoms with E-state index in [4.69, 9.17) is 16.3 Å². The Labute approximate surface area is 94.0 Å². The van der Waals surface area contributed by atoms with Crippen LogP contribution >= 0.6 is 11.6 Å². The smallest absolute Gasteiger partial charge is 0.417 e. The van der Waals surface area contributed by atoms with E-state index >= 15 is 0 Å². The molecule has 1 aromatic rings. The van der Waals surface area contributed by atoms with Crippen LogP contribution in [-0.4, -0.2) is 12.4 Å². The Bertz CT molecular complexity index is 454. The highest BCUT2D eigenvalue weighted by Crippen LogP contribution is 2.39. The fourth-order valence-electron chi connectivity index (χ4n) is 1.50. The van der Waals surface area contributed by atoms with Crippen molar-refractivity contribution in [2.45, 2.75) is 12.6 Å². The summed E-state index contributed by atoms with van der Waals surface area (Å²) < 4.78 is 42.5. The summed E-state index contributed by atoms with van der Waals surface area (Å²) in [6, 6.07) is 1.79. The molecule has 2 rings (SSSR count). The predicted molar refractivity (Wildman–Crippen MR) is 50.9 cm³/mol. The molecular weight excluding hydrogens is 245 g/mol. The normalized spacial score (nSPS) is 15.6. The van der Waals surface area contributed by atoms with Crippen molar-refractivity contribution in [1.29, 1.82) is 0 Å². The topological polar surface area (TPSA) is 26.3 Å². The van der Waals surface area contributed by atoms with Gasteiger partial charge in [0.15, 0.2) is 5.78 Å². The summed E-state index contributed by atoms with van der Waals surface area (Å²) in [5.74, 6) is -0.301. The van der Waals surface area contributed by atoms with Crippen molar-refractivity contribution >= 4 is 17.4 Å². The van der Waals surface area contributed by atoms with E-state index in [-0.39, 0.29) is 30.1 Å². The second-order valence-electron chi connectivity index (χ2n) is 3.35. The number of ketones is 1. The van der Waals surface area contributed by atoms with Crippen LogP contribution < -0.4 is 4.74 Å². The van der Waals surface area contributed by atoms with Gasteiger partial charge in [-0.3, -0.25) is 4.79 Å². The van der Waals surface area contributed by atoms with E-state index < -0.39 is 16.8 Å². The third-order valence-electron chi connectivity index (χ3n) is 2.26. The zero-order valence-corrected chi connectivity index (χ0v) is 8.65. The second-order valence-corrected chi connectivity index (χ2v) is 3.75. The molecule has 0 spiro atoms. The van der Waals surface area contributed by atoms with Crippen LogP contribution in [-0.2, 0) is 6.18 Å². The van der Waals surface area contributed by atoms with Crippen molar-refractivity contribution in [3.8, 4) is 5.75 Å². The maximum Gasteiger partial charge on any atom is 0.417 e. The summed E-state index contributed by atoms with van der Waals surface area (Å²) in [5.41, 5.74) is -0.869. The van der Waals surface area contributed by atoms with E-state index in [0.717, 1.165) is 12.1 Å². The molecule has 0 fully saturated rings. The molecule has 6 heteroatoms. The lowest BCUT2D eigenvalue weighted by molar-refractivity contribution is -0.137. The van der Waals surface area contributed by atoms with Gasteiger partial charge in [-0.1, -0.05) is 11.6 Å². The Balaban J connectivity index is 2.57. The van der Waals surface area contributed by atoms with E-state index in [9.17, 15) is 18.0 Å². The first-order valence-electron chi connectivity index (χ1n) is 4.46. The summed E-state index contributed by atoms with van der Waals surface area (Å²) in [7, 11) is 0. The van der Waals surface area contributed by atoms with Crippen molar-refractivity contribution in [3.05, 3.63) is 28.3 Å². The number of rotatable bonds is 0. The molecule has 0 aliphatic carbocycles. The van der Waals surface area contributed by atoms with Crippen LogP contribution in [0.15, 0.2) is 12.1 Å². The SMILES string of the molecule is O=C1CCOc2cc(C(F)(F)F)c(Cl)cc21. The van der Waals surface area contributed by atoms with Gasteiger partial charge in [0.25, 0.3) is 0 Å². The highest BCUT2D eigenvalue weighted by atomic mass is 35.5. The van der Waals surface area contributed by atoms with Crippen molar-refractivity contribution in [1.82, 2.24) is 0 Å². The molecule has 0 bridgehead atoms. The molecule has 0 N–H and O–H groups in total. The van der Waals surface area contributed by atoms with Crippen LogP contribution in [0, 0.1) is 0 Å². The van der Waals surface area contributed by atoms with Gasteiger partial charge < -0.3 is 4.74 Å². The standard InChI is InChI=1S/C10H6ClF3O2/c11-7-3-5-8(15)1-2-16-9(5)4-6(7)10(12,13)14/h3-4H,1-2H2. The van der Waals surface area contributed by atoms with Gasteiger partial charge in [-0.15, -0.1) is 0 Å². The summed E-state index contributed by atoms with van der Waals surface area (Å²) >= 11 is 5.48. The van der Waals surface area contributed by atoms with Gasteiger partial charge in [0, 0.05) is 6.42 Å². The highest BCUT2D eigenvalue weighted by Gasteiger charge is 2.35. The fourth-order valence-corrected chi connectivity index (χ4v) is 1.77. The van der Waals surface area contributed by atoms with Gasteiger partial charge in [0.1, 0.15) is 5.75 Å². The molecule has 1 aliphatic heterocycles. The van der Waals surface area contributed by atoms with Crippen molar-refractivity contribution in [3.63, 3.8) is 0 Å². The average Bonchev–Trinajstić information content (AvgIpc) is 2.17. The zero-order chi connectivity index (χ0) is 11.9. The molecular formula is C10H6ClF3O2. The van der Waals surface area contributed by atoms with Gasteiger partial charge in [-0.2, -0.15) is 13.2 Å². The molecule has 0 radical (unpaired) electrons. The van der Waals surface area contributed by atoms with Crippen LogP contribution in [0.3, 0.4) is 0 Å².